The lowest BCUT2D eigenvalue weighted by Gasteiger charge is -1.92. The number of hydrogen-bond acceptors (Lipinski definition) is 6. The standard InChI is InChI=1S/C8H8N4O2/c1-5-2-3-9-7(10-5)8-11-6(4-13)14-12-8/h2-3,13H,4H2,1H3. The normalized spacial score (nSPS) is 10.4. The van der Waals surface area contributed by atoms with E-state index in [0.717, 1.165) is 5.69 Å². The molecule has 2 rings (SSSR count). The van der Waals surface area contributed by atoms with Crippen molar-refractivity contribution in [1.82, 2.24) is 20.1 Å². The molecule has 14 heavy (non-hydrogen) atoms. The molecule has 2 heterocycles. The molecule has 0 fully saturated rings. The molecule has 0 bridgehead atoms. The Balaban J connectivity index is 2.39. The largest absolute Gasteiger partial charge is 0.387 e. The van der Waals surface area contributed by atoms with Crippen LogP contribution in [0.4, 0.5) is 0 Å². The highest BCUT2D eigenvalue weighted by Crippen LogP contribution is 2.09. The first kappa shape index (κ1) is 8.76. The fourth-order valence-electron chi connectivity index (χ4n) is 0.967. The highest BCUT2D eigenvalue weighted by Gasteiger charge is 2.09. The summed E-state index contributed by atoms with van der Waals surface area (Å²) in [5.74, 6) is 0.844. The summed E-state index contributed by atoms with van der Waals surface area (Å²) in [7, 11) is 0. The van der Waals surface area contributed by atoms with E-state index in [9.17, 15) is 0 Å². The molecule has 0 aliphatic heterocycles. The molecule has 0 radical (unpaired) electrons. The lowest BCUT2D eigenvalue weighted by molar-refractivity contribution is 0.222. The van der Waals surface area contributed by atoms with Crippen LogP contribution in [0.1, 0.15) is 11.6 Å². The number of aliphatic hydroxyl groups is 1. The summed E-state index contributed by atoms with van der Waals surface area (Å²) in [6.45, 7) is 1.57. The summed E-state index contributed by atoms with van der Waals surface area (Å²) in [6.07, 6.45) is 1.62. The van der Waals surface area contributed by atoms with Gasteiger partial charge in [-0.1, -0.05) is 5.16 Å². The fourth-order valence-corrected chi connectivity index (χ4v) is 0.967. The maximum absolute atomic E-state index is 8.72. The first-order valence-electron chi connectivity index (χ1n) is 4.03. The Kier molecular flexibility index (Phi) is 2.19. The zero-order valence-electron chi connectivity index (χ0n) is 7.51. The Hall–Kier alpha value is -1.82. The third-order valence-electron chi connectivity index (χ3n) is 1.60. The van der Waals surface area contributed by atoms with Crippen LogP contribution in [0.5, 0.6) is 0 Å². The molecule has 0 saturated heterocycles. The van der Waals surface area contributed by atoms with Crippen LogP contribution in [0, 0.1) is 6.92 Å². The van der Waals surface area contributed by atoms with Crippen LogP contribution in [0.3, 0.4) is 0 Å². The summed E-state index contributed by atoms with van der Waals surface area (Å²) < 4.78 is 4.72. The molecule has 0 spiro atoms. The van der Waals surface area contributed by atoms with Gasteiger partial charge in [-0.25, -0.2) is 9.97 Å². The minimum absolute atomic E-state index is 0.158. The third kappa shape index (κ3) is 1.60. The average molecular weight is 192 g/mol. The van der Waals surface area contributed by atoms with E-state index in [0.29, 0.717) is 5.82 Å². The van der Waals surface area contributed by atoms with E-state index in [4.69, 9.17) is 9.63 Å². The van der Waals surface area contributed by atoms with Gasteiger partial charge in [0.25, 0.3) is 5.89 Å². The first-order chi connectivity index (χ1) is 6.79. The lowest BCUT2D eigenvalue weighted by atomic mass is 10.4. The summed E-state index contributed by atoms with van der Waals surface area (Å²) >= 11 is 0. The predicted molar refractivity (Wildman–Crippen MR) is 46.0 cm³/mol. The molecule has 0 unspecified atom stereocenters. The summed E-state index contributed by atoms with van der Waals surface area (Å²) in [5, 5.41) is 12.3. The number of aromatic nitrogens is 4. The summed E-state index contributed by atoms with van der Waals surface area (Å²) in [4.78, 5) is 12.0. The molecule has 0 aromatic carbocycles. The topological polar surface area (TPSA) is 84.9 Å². The molecule has 6 heteroatoms. The maximum atomic E-state index is 8.72. The van der Waals surface area contributed by atoms with Crippen LogP contribution in [0.2, 0.25) is 0 Å². The van der Waals surface area contributed by atoms with Gasteiger partial charge in [0.2, 0.25) is 11.6 Å². The van der Waals surface area contributed by atoms with Gasteiger partial charge >= 0.3 is 0 Å². The smallest absolute Gasteiger partial charge is 0.252 e. The Morgan fingerprint density at radius 3 is 2.86 bits per heavy atom. The van der Waals surface area contributed by atoms with Gasteiger partial charge in [0, 0.05) is 11.9 Å². The zero-order chi connectivity index (χ0) is 9.97. The van der Waals surface area contributed by atoms with E-state index in [2.05, 4.69) is 20.1 Å². The van der Waals surface area contributed by atoms with Gasteiger partial charge in [-0.15, -0.1) is 0 Å². The Morgan fingerprint density at radius 1 is 1.36 bits per heavy atom. The predicted octanol–water partition coefficient (Wildman–Crippen LogP) is 0.327. The third-order valence-corrected chi connectivity index (χ3v) is 1.60. The van der Waals surface area contributed by atoms with Crippen LogP contribution >= 0.6 is 0 Å². The van der Waals surface area contributed by atoms with Crippen molar-refractivity contribution in [2.45, 2.75) is 13.5 Å². The van der Waals surface area contributed by atoms with Gasteiger partial charge in [0.15, 0.2) is 0 Å². The number of aliphatic hydroxyl groups excluding tert-OH is 1. The van der Waals surface area contributed by atoms with Crippen LogP contribution < -0.4 is 0 Å². The van der Waals surface area contributed by atoms with Crippen LogP contribution in [0.15, 0.2) is 16.8 Å². The van der Waals surface area contributed by atoms with Crippen molar-refractivity contribution in [3.63, 3.8) is 0 Å². The lowest BCUT2D eigenvalue weighted by Crippen LogP contribution is -1.92. The first-order valence-corrected chi connectivity index (χ1v) is 4.03. The second-order valence-electron chi connectivity index (χ2n) is 2.69. The van der Waals surface area contributed by atoms with Crippen LogP contribution in [0.25, 0.3) is 11.6 Å². The van der Waals surface area contributed by atoms with Crippen molar-refractivity contribution >= 4 is 0 Å². The van der Waals surface area contributed by atoms with Gasteiger partial charge in [0.1, 0.15) is 6.61 Å². The molecular formula is C8H8N4O2. The molecule has 72 valence electrons. The SMILES string of the molecule is Cc1ccnc(-c2noc(CO)n2)n1. The molecule has 0 aliphatic carbocycles. The average Bonchev–Trinajstić information content (AvgIpc) is 2.66. The molecule has 0 saturated carbocycles. The molecule has 0 amide bonds. The van der Waals surface area contributed by atoms with E-state index in [1.54, 1.807) is 12.3 Å². The van der Waals surface area contributed by atoms with Gasteiger partial charge in [-0.05, 0) is 13.0 Å². The highest BCUT2D eigenvalue weighted by atomic mass is 16.5. The second-order valence-corrected chi connectivity index (χ2v) is 2.69. The van der Waals surface area contributed by atoms with Crippen LogP contribution in [-0.2, 0) is 6.61 Å². The van der Waals surface area contributed by atoms with Crippen molar-refractivity contribution in [3.8, 4) is 11.6 Å². The zero-order valence-corrected chi connectivity index (χ0v) is 7.51. The molecule has 6 nitrogen and oxygen atoms in total. The van der Waals surface area contributed by atoms with E-state index in [-0.39, 0.29) is 18.3 Å². The van der Waals surface area contributed by atoms with Gasteiger partial charge in [-0.3, -0.25) is 0 Å². The van der Waals surface area contributed by atoms with Crippen LogP contribution in [-0.4, -0.2) is 25.2 Å². The molecule has 0 aliphatic rings. The minimum Gasteiger partial charge on any atom is -0.387 e. The molecule has 2 aromatic rings. The fraction of sp³-hybridized carbons (Fsp3) is 0.250. The maximum Gasteiger partial charge on any atom is 0.252 e. The Labute approximate surface area is 79.6 Å². The quantitative estimate of drug-likeness (QED) is 0.737. The molecular weight excluding hydrogens is 184 g/mol. The van der Waals surface area contributed by atoms with Gasteiger partial charge < -0.3 is 9.63 Å². The number of rotatable bonds is 2. The molecule has 1 N–H and O–H groups in total. The van der Waals surface area contributed by atoms with Crippen molar-refractivity contribution in [2.24, 2.45) is 0 Å². The van der Waals surface area contributed by atoms with Gasteiger partial charge in [-0.2, -0.15) is 4.98 Å². The number of nitrogens with zero attached hydrogens (tertiary/aromatic N) is 4. The second kappa shape index (κ2) is 3.51. The molecule has 0 atom stereocenters. The van der Waals surface area contributed by atoms with Gasteiger partial charge in [0.05, 0.1) is 0 Å². The number of hydrogen-bond donors (Lipinski definition) is 1. The van der Waals surface area contributed by atoms with Crippen molar-refractivity contribution in [1.29, 1.82) is 0 Å². The summed E-state index contributed by atoms with van der Waals surface area (Å²) in [6, 6.07) is 1.77. The highest BCUT2D eigenvalue weighted by molar-refractivity contribution is 5.41. The van der Waals surface area contributed by atoms with E-state index < -0.39 is 0 Å². The minimum atomic E-state index is -0.279. The van der Waals surface area contributed by atoms with E-state index in [1.807, 2.05) is 6.92 Å². The summed E-state index contributed by atoms with van der Waals surface area (Å²) in [5.41, 5.74) is 0.824. The Morgan fingerprint density at radius 2 is 2.21 bits per heavy atom. The molecule has 2 aromatic heterocycles. The van der Waals surface area contributed by atoms with E-state index in [1.165, 1.54) is 0 Å². The number of aryl methyl sites for hydroxylation is 1. The monoisotopic (exact) mass is 192 g/mol. The van der Waals surface area contributed by atoms with Crippen molar-refractivity contribution < 1.29 is 9.63 Å². The van der Waals surface area contributed by atoms with Crippen molar-refractivity contribution in [3.05, 3.63) is 23.8 Å². The van der Waals surface area contributed by atoms with Crippen molar-refractivity contribution in [2.75, 3.05) is 0 Å². The Bertz CT molecular complexity index is 440. The van der Waals surface area contributed by atoms with E-state index >= 15 is 0 Å².